The summed E-state index contributed by atoms with van der Waals surface area (Å²) in [6, 6.07) is 0. The summed E-state index contributed by atoms with van der Waals surface area (Å²) in [5.74, 6) is 0.563. The zero-order chi connectivity index (χ0) is 8.43. The summed E-state index contributed by atoms with van der Waals surface area (Å²) in [6.07, 6.45) is 1.04. The van der Waals surface area contributed by atoms with E-state index in [0.29, 0.717) is 5.92 Å². The summed E-state index contributed by atoms with van der Waals surface area (Å²) in [5, 5.41) is 3.16. The second-order valence-electron chi connectivity index (χ2n) is 2.95. The van der Waals surface area contributed by atoms with Gasteiger partial charge in [-0.05, 0) is 23.3 Å². The van der Waals surface area contributed by atoms with Gasteiger partial charge in [0.1, 0.15) is 0 Å². The number of halogens is 1. The number of thiophene rings is 1. The smallest absolute Gasteiger partial charge is 0.0579 e. The van der Waals surface area contributed by atoms with Crippen molar-refractivity contribution in [3.63, 3.8) is 0 Å². The van der Waals surface area contributed by atoms with Crippen molar-refractivity contribution in [1.29, 1.82) is 0 Å². The maximum atomic E-state index is 6.13. The van der Waals surface area contributed by atoms with Crippen molar-refractivity contribution in [3.05, 3.63) is 20.8 Å². The number of rotatable bonds is 2. The lowest BCUT2D eigenvalue weighted by atomic mass is 10.1. The third-order valence-corrected chi connectivity index (χ3v) is 3.62. The molecule has 0 aliphatic rings. The van der Waals surface area contributed by atoms with Gasteiger partial charge in [-0.2, -0.15) is 0 Å². The average molecular weight is 189 g/mol. The van der Waals surface area contributed by atoms with Crippen LogP contribution in [0.15, 0.2) is 5.38 Å². The lowest BCUT2D eigenvalue weighted by Gasteiger charge is -2.01. The number of hydrogen-bond acceptors (Lipinski definition) is 1. The molecule has 2 heteroatoms. The molecule has 1 heterocycles. The quantitative estimate of drug-likeness (QED) is 0.656. The lowest BCUT2D eigenvalue weighted by Crippen LogP contribution is -1.83. The van der Waals surface area contributed by atoms with Gasteiger partial charge >= 0.3 is 0 Å². The van der Waals surface area contributed by atoms with Crippen LogP contribution in [0.4, 0.5) is 0 Å². The molecule has 0 nitrogen and oxygen atoms in total. The summed E-state index contributed by atoms with van der Waals surface area (Å²) in [6.45, 7) is 6.49. The fourth-order valence-corrected chi connectivity index (χ4v) is 2.69. The molecule has 0 saturated carbocycles. The zero-order valence-corrected chi connectivity index (χ0v) is 8.72. The van der Waals surface area contributed by atoms with Crippen LogP contribution in [0.2, 0.25) is 5.02 Å². The Morgan fingerprint density at radius 2 is 2.18 bits per heavy atom. The Labute approximate surface area is 77.2 Å². The molecule has 0 amide bonds. The molecule has 0 saturated heterocycles. The van der Waals surface area contributed by atoms with Crippen LogP contribution in [0.3, 0.4) is 0 Å². The van der Waals surface area contributed by atoms with Crippen LogP contribution in [0.1, 0.15) is 37.1 Å². The van der Waals surface area contributed by atoms with Crippen LogP contribution in [0.25, 0.3) is 0 Å². The van der Waals surface area contributed by atoms with E-state index in [1.807, 2.05) is 0 Å². The van der Waals surface area contributed by atoms with E-state index in [0.717, 1.165) is 11.4 Å². The topological polar surface area (TPSA) is 0 Å². The fourth-order valence-electron chi connectivity index (χ4n) is 1.02. The molecule has 0 bridgehead atoms. The third kappa shape index (κ3) is 1.77. The van der Waals surface area contributed by atoms with Gasteiger partial charge in [0, 0.05) is 4.88 Å². The highest BCUT2D eigenvalue weighted by Gasteiger charge is 2.10. The van der Waals surface area contributed by atoms with Crippen molar-refractivity contribution >= 4 is 22.9 Å². The molecule has 1 aromatic rings. The average Bonchev–Trinajstić information content (AvgIpc) is 2.30. The molecule has 1 aromatic heterocycles. The molecule has 0 N–H and O–H groups in total. The molecular formula is C9H13ClS. The van der Waals surface area contributed by atoms with E-state index in [1.165, 1.54) is 10.4 Å². The van der Waals surface area contributed by atoms with Crippen molar-refractivity contribution < 1.29 is 0 Å². The largest absolute Gasteiger partial charge is 0.147 e. The highest BCUT2D eigenvalue weighted by Crippen LogP contribution is 2.33. The predicted octanol–water partition coefficient (Wildman–Crippen LogP) is 4.09. The molecule has 0 aliphatic carbocycles. The molecule has 0 unspecified atom stereocenters. The fraction of sp³-hybridized carbons (Fsp3) is 0.556. The lowest BCUT2D eigenvalue weighted by molar-refractivity contribution is 0.888. The first-order chi connectivity index (χ1) is 5.16. The molecule has 62 valence electrons. The van der Waals surface area contributed by atoms with Gasteiger partial charge in [-0.25, -0.2) is 0 Å². The maximum Gasteiger partial charge on any atom is 0.0579 e. The van der Waals surface area contributed by atoms with Gasteiger partial charge in [-0.3, -0.25) is 0 Å². The minimum absolute atomic E-state index is 0.563. The Hall–Kier alpha value is -0.0100. The Morgan fingerprint density at radius 3 is 2.45 bits per heavy atom. The number of hydrogen-bond donors (Lipinski definition) is 0. The summed E-state index contributed by atoms with van der Waals surface area (Å²) < 4.78 is 0. The normalized spacial score (nSPS) is 11.0. The Balaban J connectivity index is 3.00. The molecule has 1 rings (SSSR count). The van der Waals surface area contributed by atoms with E-state index in [9.17, 15) is 0 Å². The van der Waals surface area contributed by atoms with E-state index < -0.39 is 0 Å². The van der Waals surface area contributed by atoms with Crippen molar-refractivity contribution in [2.24, 2.45) is 0 Å². The van der Waals surface area contributed by atoms with Crippen LogP contribution in [0, 0.1) is 0 Å². The van der Waals surface area contributed by atoms with E-state index >= 15 is 0 Å². The van der Waals surface area contributed by atoms with E-state index in [1.54, 1.807) is 11.3 Å². The first-order valence-electron chi connectivity index (χ1n) is 3.92. The number of aryl methyl sites for hydroxylation is 1. The highest BCUT2D eigenvalue weighted by atomic mass is 35.5. The predicted molar refractivity (Wildman–Crippen MR) is 52.8 cm³/mol. The van der Waals surface area contributed by atoms with Gasteiger partial charge in [-0.1, -0.05) is 32.4 Å². The summed E-state index contributed by atoms with van der Waals surface area (Å²) in [7, 11) is 0. The van der Waals surface area contributed by atoms with E-state index in [2.05, 4.69) is 26.2 Å². The van der Waals surface area contributed by atoms with Crippen molar-refractivity contribution in [1.82, 2.24) is 0 Å². The second kappa shape index (κ2) is 3.59. The second-order valence-corrected chi connectivity index (χ2v) is 4.24. The van der Waals surface area contributed by atoms with Crippen LogP contribution in [-0.4, -0.2) is 0 Å². The Morgan fingerprint density at radius 1 is 1.55 bits per heavy atom. The molecule has 11 heavy (non-hydrogen) atoms. The molecular weight excluding hydrogens is 176 g/mol. The van der Waals surface area contributed by atoms with Gasteiger partial charge in [0.15, 0.2) is 0 Å². The molecule has 0 aliphatic heterocycles. The summed E-state index contributed by atoms with van der Waals surface area (Å²) in [4.78, 5) is 1.32. The van der Waals surface area contributed by atoms with Crippen LogP contribution >= 0.6 is 22.9 Å². The highest BCUT2D eigenvalue weighted by molar-refractivity contribution is 7.10. The van der Waals surface area contributed by atoms with Crippen LogP contribution in [0.5, 0.6) is 0 Å². The zero-order valence-electron chi connectivity index (χ0n) is 7.15. The maximum absolute atomic E-state index is 6.13. The SMILES string of the molecule is CCc1csc(C(C)C)c1Cl. The monoisotopic (exact) mass is 188 g/mol. The van der Waals surface area contributed by atoms with Crippen molar-refractivity contribution in [2.45, 2.75) is 33.1 Å². The van der Waals surface area contributed by atoms with Gasteiger partial charge in [0.05, 0.1) is 5.02 Å². The third-order valence-electron chi connectivity index (χ3n) is 1.73. The Kier molecular flexibility index (Phi) is 2.97. The van der Waals surface area contributed by atoms with Crippen LogP contribution < -0.4 is 0 Å². The van der Waals surface area contributed by atoms with Gasteiger partial charge < -0.3 is 0 Å². The first-order valence-corrected chi connectivity index (χ1v) is 5.18. The Bertz CT molecular complexity index is 238. The minimum Gasteiger partial charge on any atom is -0.147 e. The van der Waals surface area contributed by atoms with Crippen molar-refractivity contribution in [2.75, 3.05) is 0 Å². The van der Waals surface area contributed by atoms with Gasteiger partial charge in [0.25, 0.3) is 0 Å². The molecule has 0 spiro atoms. The molecule has 0 atom stereocenters. The van der Waals surface area contributed by atoms with Gasteiger partial charge in [-0.15, -0.1) is 11.3 Å². The first kappa shape index (κ1) is 9.08. The summed E-state index contributed by atoms with van der Waals surface area (Å²) >= 11 is 7.91. The molecule has 0 radical (unpaired) electrons. The van der Waals surface area contributed by atoms with Crippen molar-refractivity contribution in [3.8, 4) is 0 Å². The molecule has 0 fully saturated rings. The van der Waals surface area contributed by atoms with Gasteiger partial charge in [0.2, 0.25) is 0 Å². The molecule has 0 aromatic carbocycles. The van der Waals surface area contributed by atoms with E-state index in [-0.39, 0.29) is 0 Å². The van der Waals surface area contributed by atoms with Crippen LogP contribution in [-0.2, 0) is 6.42 Å². The summed E-state index contributed by atoms with van der Waals surface area (Å²) in [5.41, 5.74) is 1.29. The van der Waals surface area contributed by atoms with E-state index in [4.69, 9.17) is 11.6 Å². The standard InChI is InChI=1S/C9H13ClS/c1-4-7-5-11-9(6(2)3)8(7)10/h5-6H,4H2,1-3H3. The minimum atomic E-state index is 0.563.